The number of ether oxygens (including phenoxy) is 2. The maximum Gasteiger partial charge on any atom is 0.411 e. The minimum Gasteiger partial charge on any atom is -0.461 e. The Morgan fingerprint density at radius 1 is 1.07 bits per heavy atom. The number of pyridine rings is 1. The Kier molecular flexibility index (Phi) is 10.2. The normalized spacial score (nSPS) is 24.8. The number of aromatic nitrogens is 3. The van der Waals surface area contributed by atoms with Gasteiger partial charge in [0.1, 0.15) is 40.9 Å². The second kappa shape index (κ2) is 14.9. The molecule has 14 heteroatoms. The molecule has 0 spiro atoms. The van der Waals surface area contributed by atoms with Crippen molar-refractivity contribution in [2.24, 2.45) is 0 Å². The maximum absolute atomic E-state index is 17.0. The molecule has 0 N–H and O–H groups in total. The first-order chi connectivity index (χ1) is 27.1. The Morgan fingerprint density at radius 2 is 1.84 bits per heavy atom. The van der Waals surface area contributed by atoms with E-state index in [1.54, 1.807) is 28.1 Å². The molecule has 6 heterocycles. The molecule has 4 fully saturated rings. The van der Waals surface area contributed by atoms with Gasteiger partial charge in [-0.1, -0.05) is 47.9 Å². The van der Waals surface area contributed by atoms with Crippen LogP contribution in [0.1, 0.15) is 66.2 Å². The van der Waals surface area contributed by atoms with Crippen LogP contribution in [0.3, 0.4) is 0 Å². The highest BCUT2D eigenvalue weighted by Gasteiger charge is 2.49. The molecule has 8 rings (SSSR count). The summed E-state index contributed by atoms with van der Waals surface area (Å²) in [6.07, 6.45) is 4.30. The van der Waals surface area contributed by atoms with Crippen molar-refractivity contribution in [3.05, 3.63) is 53.4 Å². The van der Waals surface area contributed by atoms with E-state index in [0.717, 1.165) is 31.2 Å². The minimum absolute atomic E-state index is 0.0176. The average molecular weight is 800 g/mol. The summed E-state index contributed by atoms with van der Waals surface area (Å²) < 4.78 is 43.5. The zero-order chi connectivity index (χ0) is 40.3. The van der Waals surface area contributed by atoms with Gasteiger partial charge in [0.25, 0.3) is 5.91 Å². The monoisotopic (exact) mass is 799 g/mol. The van der Waals surface area contributed by atoms with Crippen LogP contribution in [0.5, 0.6) is 6.01 Å². The van der Waals surface area contributed by atoms with Gasteiger partial charge < -0.3 is 19.3 Å². The molecule has 0 radical (unpaired) electrons. The molecule has 300 valence electrons. The topological polar surface area (TPSA) is 104 Å². The van der Waals surface area contributed by atoms with Gasteiger partial charge in [-0.2, -0.15) is 9.97 Å². The Labute approximate surface area is 336 Å². The number of amides is 2. The molecule has 0 aliphatic carbocycles. The summed E-state index contributed by atoms with van der Waals surface area (Å²) in [4.78, 5) is 48.0. The number of anilines is 1. The van der Waals surface area contributed by atoms with E-state index in [1.807, 2.05) is 63.9 Å². The third-order valence-corrected chi connectivity index (χ3v) is 12.3. The fraction of sp³-hybridized carbons (Fsp3) is 0.512. The van der Waals surface area contributed by atoms with Gasteiger partial charge in [-0.3, -0.25) is 19.6 Å². The summed E-state index contributed by atoms with van der Waals surface area (Å²) in [5.41, 5.74) is -1.28. The van der Waals surface area contributed by atoms with Crippen LogP contribution in [0, 0.1) is 17.7 Å². The minimum atomic E-state index is -0.936. The first-order valence-electron chi connectivity index (χ1n) is 19.8. The van der Waals surface area contributed by atoms with Crippen LogP contribution in [-0.2, 0) is 9.53 Å². The van der Waals surface area contributed by atoms with Gasteiger partial charge in [0.15, 0.2) is 5.82 Å². The number of fused-ring (bicyclic) bond motifs is 3. The molecular formula is C43H48ClF2N7O4. The quantitative estimate of drug-likeness (QED) is 0.184. The number of carbonyl (C=O) groups excluding carboxylic acids is 2. The number of carbonyl (C=O) groups is 2. The van der Waals surface area contributed by atoms with Crippen molar-refractivity contribution in [2.45, 2.75) is 95.1 Å². The number of hydrogen-bond acceptors (Lipinski definition) is 9. The SMILES string of the molecule is CN(c1nc(OC[C@@]23CCCN2C[C@H](F)C3)nc2c(F)c(-c3cccc4cccc(Cl)c34)ncc12)[C@@H]1CCN(C(=O)C#C[C@]2(C)CCCN2C(=O)OC(C)(C)C)C1. The highest BCUT2D eigenvalue weighted by Crippen LogP contribution is 2.42. The van der Waals surface area contributed by atoms with Crippen molar-refractivity contribution in [3.8, 4) is 29.1 Å². The van der Waals surface area contributed by atoms with Crippen LogP contribution in [0.15, 0.2) is 42.6 Å². The van der Waals surface area contributed by atoms with E-state index < -0.39 is 34.8 Å². The lowest BCUT2D eigenvalue weighted by Crippen LogP contribution is -2.46. The van der Waals surface area contributed by atoms with Crippen LogP contribution in [0.4, 0.5) is 19.4 Å². The molecule has 0 bridgehead atoms. The predicted octanol–water partition coefficient (Wildman–Crippen LogP) is 7.42. The van der Waals surface area contributed by atoms with Gasteiger partial charge in [-0.15, -0.1) is 0 Å². The standard InChI is InChI=1S/C43H48ClF2N7O4/c1-41(2,3)57-40(55)53-20-8-16-42(53,4)18-14-33(54)51-21-15-29(25-51)50(5)38-31-23-47-36(30-12-6-10-27-11-7-13-32(44)34(27)30)35(46)37(31)48-39(49-38)56-26-43-17-9-19-52(43)24-28(45)22-43/h6-7,10-13,23,28-29H,8-9,15-17,19-22,24-26H2,1-5H3/t28-,29-,42+,43+/m1/s1. The Bertz CT molecular complexity index is 2310. The van der Waals surface area contributed by atoms with E-state index in [1.165, 1.54) is 0 Å². The second-order valence-corrected chi connectivity index (χ2v) is 17.5. The predicted molar refractivity (Wildman–Crippen MR) is 216 cm³/mol. The highest BCUT2D eigenvalue weighted by atomic mass is 35.5. The summed E-state index contributed by atoms with van der Waals surface area (Å²) in [5.74, 6) is 5.34. The average Bonchev–Trinajstić information content (AvgIpc) is 3.96. The summed E-state index contributed by atoms with van der Waals surface area (Å²) >= 11 is 6.65. The van der Waals surface area contributed by atoms with Gasteiger partial charge in [0.05, 0.1) is 10.9 Å². The Morgan fingerprint density at radius 3 is 2.63 bits per heavy atom. The molecular weight excluding hydrogens is 752 g/mol. The first-order valence-corrected chi connectivity index (χ1v) is 20.1. The summed E-state index contributed by atoms with van der Waals surface area (Å²) in [6, 6.07) is 10.8. The third-order valence-electron chi connectivity index (χ3n) is 12.0. The lowest BCUT2D eigenvalue weighted by molar-refractivity contribution is -0.124. The third kappa shape index (κ3) is 7.42. The Balaban J connectivity index is 1.09. The Hall–Kier alpha value is -4.80. The molecule has 0 unspecified atom stereocenters. The molecule has 4 aromatic rings. The van der Waals surface area contributed by atoms with E-state index in [4.69, 9.17) is 26.1 Å². The molecule has 2 aromatic heterocycles. The molecule has 4 aliphatic rings. The summed E-state index contributed by atoms with van der Waals surface area (Å²) in [5, 5.41) is 2.38. The van der Waals surface area contributed by atoms with Crippen LogP contribution in [0.25, 0.3) is 32.9 Å². The molecule has 0 saturated carbocycles. The lowest BCUT2D eigenvalue weighted by atomic mass is 9.95. The van der Waals surface area contributed by atoms with Crippen molar-refractivity contribution in [3.63, 3.8) is 0 Å². The van der Waals surface area contributed by atoms with Crippen molar-refractivity contribution < 1.29 is 27.8 Å². The van der Waals surface area contributed by atoms with E-state index in [9.17, 15) is 14.0 Å². The van der Waals surface area contributed by atoms with Crippen LogP contribution < -0.4 is 9.64 Å². The number of hydrogen-bond donors (Lipinski definition) is 0. The zero-order valence-corrected chi connectivity index (χ0v) is 33.8. The van der Waals surface area contributed by atoms with Crippen molar-refractivity contribution in [2.75, 3.05) is 51.3 Å². The first kappa shape index (κ1) is 39.0. The molecule has 4 atom stereocenters. The summed E-state index contributed by atoms with van der Waals surface area (Å²) in [7, 11) is 1.85. The van der Waals surface area contributed by atoms with Crippen molar-refractivity contribution in [1.82, 2.24) is 29.7 Å². The van der Waals surface area contributed by atoms with Crippen LogP contribution in [0.2, 0.25) is 5.02 Å². The van der Waals surface area contributed by atoms with Crippen LogP contribution >= 0.6 is 11.6 Å². The fourth-order valence-corrected chi connectivity index (χ4v) is 9.35. The molecule has 4 saturated heterocycles. The smallest absolute Gasteiger partial charge is 0.411 e. The number of likely N-dealkylation sites (N-methyl/N-ethyl adjacent to an activating group) is 1. The molecule has 2 aromatic carbocycles. The van der Waals surface area contributed by atoms with E-state index >= 15 is 4.39 Å². The van der Waals surface area contributed by atoms with Gasteiger partial charge in [0.2, 0.25) is 0 Å². The van der Waals surface area contributed by atoms with E-state index in [2.05, 4.69) is 26.7 Å². The van der Waals surface area contributed by atoms with E-state index in [-0.39, 0.29) is 35.8 Å². The molecule has 57 heavy (non-hydrogen) atoms. The number of nitrogens with zero attached hydrogens (tertiary/aromatic N) is 7. The maximum atomic E-state index is 17.0. The number of halogens is 3. The number of alkyl halides is 1. The molecule has 2 amide bonds. The van der Waals surface area contributed by atoms with Gasteiger partial charge in [0, 0.05) is 67.9 Å². The van der Waals surface area contributed by atoms with Gasteiger partial charge in [-0.05, 0) is 83.7 Å². The van der Waals surface area contributed by atoms with E-state index in [0.29, 0.717) is 72.6 Å². The van der Waals surface area contributed by atoms with Gasteiger partial charge >= 0.3 is 12.1 Å². The van der Waals surface area contributed by atoms with Crippen LogP contribution in [-0.4, -0.2) is 117 Å². The summed E-state index contributed by atoms with van der Waals surface area (Å²) in [6.45, 7) is 9.97. The molecule has 4 aliphatic heterocycles. The van der Waals surface area contributed by atoms with Crippen molar-refractivity contribution in [1.29, 1.82) is 0 Å². The molecule has 11 nitrogen and oxygen atoms in total. The largest absolute Gasteiger partial charge is 0.461 e. The number of rotatable bonds is 6. The fourth-order valence-electron chi connectivity index (χ4n) is 9.07. The lowest BCUT2D eigenvalue weighted by Gasteiger charge is -2.32. The number of benzene rings is 2. The second-order valence-electron chi connectivity index (χ2n) is 17.1. The zero-order valence-electron chi connectivity index (χ0n) is 33.1. The highest BCUT2D eigenvalue weighted by molar-refractivity contribution is 6.36. The van der Waals surface area contributed by atoms with Gasteiger partial charge in [-0.25, -0.2) is 13.6 Å². The number of likely N-dealkylation sites (tertiary alicyclic amines) is 2. The van der Waals surface area contributed by atoms with Crippen molar-refractivity contribution >= 4 is 51.1 Å².